The highest BCUT2D eigenvalue weighted by Crippen LogP contribution is 2.22. The SMILES string of the molecule is Cc1ccc(-n2ccnc2)c(C(=O)NC[C@@H](CO)[C@@H]2CCOC2)c1. The average Bonchev–Trinajstić information content (AvgIpc) is 3.29. The average molecular weight is 329 g/mol. The van der Waals surface area contributed by atoms with Gasteiger partial charge < -0.3 is 19.7 Å². The van der Waals surface area contributed by atoms with Crippen LogP contribution < -0.4 is 5.32 Å². The van der Waals surface area contributed by atoms with Crippen LogP contribution in [0.1, 0.15) is 22.3 Å². The van der Waals surface area contributed by atoms with Crippen molar-refractivity contribution in [3.8, 4) is 5.69 Å². The van der Waals surface area contributed by atoms with Crippen LogP contribution in [-0.4, -0.2) is 46.9 Å². The van der Waals surface area contributed by atoms with Gasteiger partial charge in [0.1, 0.15) is 0 Å². The maximum Gasteiger partial charge on any atom is 0.253 e. The Morgan fingerprint density at radius 3 is 3.08 bits per heavy atom. The van der Waals surface area contributed by atoms with Gasteiger partial charge in [0, 0.05) is 44.7 Å². The number of rotatable bonds is 6. The second-order valence-corrected chi connectivity index (χ2v) is 6.27. The molecule has 0 unspecified atom stereocenters. The minimum Gasteiger partial charge on any atom is -0.396 e. The van der Waals surface area contributed by atoms with E-state index in [4.69, 9.17) is 4.74 Å². The lowest BCUT2D eigenvalue weighted by atomic mass is 9.92. The number of amides is 1. The highest BCUT2D eigenvalue weighted by atomic mass is 16.5. The van der Waals surface area contributed by atoms with Crippen molar-refractivity contribution < 1.29 is 14.6 Å². The Balaban J connectivity index is 1.73. The number of hydrogen-bond donors (Lipinski definition) is 2. The molecule has 1 aliphatic heterocycles. The smallest absolute Gasteiger partial charge is 0.253 e. The van der Waals surface area contributed by atoms with Crippen LogP contribution >= 0.6 is 0 Å². The second-order valence-electron chi connectivity index (χ2n) is 6.27. The molecule has 2 aromatic rings. The number of carbonyl (C=O) groups is 1. The third-order valence-electron chi connectivity index (χ3n) is 4.57. The molecule has 6 heteroatoms. The van der Waals surface area contributed by atoms with Crippen molar-refractivity contribution in [3.63, 3.8) is 0 Å². The summed E-state index contributed by atoms with van der Waals surface area (Å²) in [7, 11) is 0. The van der Waals surface area contributed by atoms with E-state index in [0.717, 1.165) is 24.3 Å². The van der Waals surface area contributed by atoms with Crippen LogP contribution in [0.15, 0.2) is 36.9 Å². The van der Waals surface area contributed by atoms with Gasteiger partial charge in [-0.05, 0) is 31.4 Å². The molecule has 128 valence electrons. The molecule has 0 radical (unpaired) electrons. The van der Waals surface area contributed by atoms with E-state index in [9.17, 15) is 9.90 Å². The molecule has 3 rings (SSSR count). The quantitative estimate of drug-likeness (QED) is 0.843. The molecule has 2 atom stereocenters. The van der Waals surface area contributed by atoms with E-state index in [-0.39, 0.29) is 18.4 Å². The van der Waals surface area contributed by atoms with Crippen LogP contribution in [0.2, 0.25) is 0 Å². The number of benzene rings is 1. The molecule has 1 aromatic heterocycles. The van der Waals surface area contributed by atoms with Crippen molar-refractivity contribution in [3.05, 3.63) is 48.0 Å². The Morgan fingerprint density at radius 2 is 2.42 bits per heavy atom. The molecule has 0 aliphatic carbocycles. The number of aromatic nitrogens is 2. The lowest BCUT2D eigenvalue weighted by Gasteiger charge is -2.21. The predicted octanol–water partition coefficient (Wildman–Crippen LogP) is 1.56. The van der Waals surface area contributed by atoms with E-state index < -0.39 is 0 Å². The molecule has 1 amide bonds. The third kappa shape index (κ3) is 3.66. The summed E-state index contributed by atoms with van der Waals surface area (Å²) in [5, 5.41) is 12.6. The van der Waals surface area contributed by atoms with Gasteiger partial charge in [0.05, 0.1) is 17.6 Å². The van der Waals surface area contributed by atoms with Gasteiger partial charge in [-0.3, -0.25) is 4.79 Å². The molecule has 0 bridgehead atoms. The molecule has 0 saturated carbocycles. The van der Waals surface area contributed by atoms with Crippen molar-refractivity contribution in [1.82, 2.24) is 14.9 Å². The van der Waals surface area contributed by atoms with Gasteiger partial charge in [0.2, 0.25) is 0 Å². The number of aliphatic hydroxyl groups is 1. The number of nitrogens with one attached hydrogen (secondary N) is 1. The number of ether oxygens (including phenoxy) is 1. The fourth-order valence-electron chi connectivity index (χ4n) is 3.08. The summed E-state index contributed by atoms with van der Waals surface area (Å²) < 4.78 is 7.20. The maximum absolute atomic E-state index is 12.7. The molecule has 6 nitrogen and oxygen atoms in total. The predicted molar refractivity (Wildman–Crippen MR) is 90.1 cm³/mol. The minimum atomic E-state index is -0.139. The highest BCUT2D eigenvalue weighted by molar-refractivity contribution is 5.98. The van der Waals surface area contributed by atoms with Crippen LogP contribution in [0, 0.1) is 18.8 Å². The molecule has 2 heterocycles. The number of aliphatic hydroxyl groups excluding tert-OH is 1. The first kappa shape index (κ1) is 16.7. The summed E-state index contributed by atoms with van der Waals surface area (Å²) in [5.41, 5.74) is 2.42. The fraction of sp³-hybridized carbons (Fsp3) is 0.444. The van der Waals surface area contributed by atoms with Crippen LogP contribution in [0.25, 0.3) is 5.69 Å². The van der Waals surface area contributed by atoms with E-state index in [2.05, 4.69) is 10.3 Å². The lowest BCUT2D eigenvalue weighted by Crippen LogP contribution is -2.35. The molecule has 1 aliphatic rings. The van der Waals surface area contributed by atoms with Gasteiger partial charge >= 0.3 is 0 Å². The van der Waals surface area contributed by atoms with Crippen molar-refractivity contribution in [2.24, 2.45) is 11.8 Å². The lowest BCUT2D eigenvalue weighted by molar-refractivity contribution is 0.0917. The standard InChI is InChI=1S/C18H23N3O3/c1-13-2-3-17(21-6-5-19-12-21)16(8-13)18(23)20-9-15(10-22)14-4-7-24-11-14/h2-3,5-6,8,12,14-15,22H,4,7,9-11H2,1H3,(H,20,23)/t14-,15+/m1/s1. The van der Waals surface area contributed by atoms with Gasteiger partial charge in [-0.2, -0.15) is 0 Å². The fourth-order valence-corrected chi connectivity index (χ4v) is 3.08. The summed E-state index contributed by atoms with van der Waals surface area (Å²) in [6.45, 7) is 3.85. The van der Waals surface area contributed by atoms with Gasteiger partial charge in [0.25, 0.3) is 5.91 Å². The molecule has 2 N–H and O–H groups in total. The van der Waals surface area contributed by atoms with E-state index in [0.29, 0.717) is 24.6 Å². The van der Waals surface area contributed by atoms with Crippen LogP contribution in [0.3, 0.4) is 0 Å². The normalized spacial score (nSPS) is 18.5. The second kappa shape index (κ2) is 7.59. The molecule has 24 heavy (non-hydrogen) atoms. The zero-order valence-electron chi connectivity index (χ0n) is 13.8. The topological polar surface area (TPSA) is 76.4 Å². The number of aryl methyl sites for hydroxylation is 1. The summed E-state index contributed by atoms with van der Waals surface area (Å²) in [5.74, 6) is 0.193. The Bertz CT molecular complexity index is 679. The highest BCUT2D eigenvalue weighted by Gasteiger charge is 2.26. The van der Waals surface area contributed by atoms with E-state index in [1.54, 1.807) is 12.5 Å². The Morgan fingerprint density at radius 1 is 1.54 bits per heavy atom. The first-order valence-electron chi connectivity index (χ1n) is 8.25. The third-order valence-corrected chi connectivity index (χ3v) is 4.57. The van der Waals surface area contributed by atoms with Crippen molar-refractivity contribution in [1.29, 1.82) is 0 Å². The number of imidazole rings is 1. The molecule has 1 aromatic carbocycles. The summed E-state index contributed by atoms with van der Waals surface area (Å²) in [6, 6.07) is 5.76. The molecular weight excluding hydrogens is 306 g/mol. The minimum absolute atomic E-state index is 0.0259. The van der Waals surface area contributed by atoms with Crippen LogP contribution in [-0.2, 0) is 4.74 Å². The Hall–Kier alpha value is -2.18. The van der Waals surface area contributed by atoms with Crippen LogP contribution in [0.4, 0.5) is 0 Å². The summed E-state index contributed by atoms with van der Waals surface area (Å²) in [6.07, 6.45) is 6.11. The van der Waals surface area contributed by atoms with Gasteiger partial charge in [-0.1, -0.05) is 11.6 Å². The van der Waals surface area contributed by atoms with Gasteiger partial charge in [-0.15, -0.1) is 0 Å². The number of nitrogens with zero attached hydrogens (tertiary/aromatic N) is 2. The summed E-state index contributed by atoms with van der Waals surface area (Å²) in [4.78, 5) is 16.7. The number of hydrogen-bond acceptors (Lipinski definition) is 4. The molecule has 1 saturated heterocycles. The maximum atomic E-state index is 12.7. The largest absolute Gasteiger partial charge is 0.396 e. The van der Waals surface area contributed by atoms with Crippen LogP contribution in [0.5, 0.6) is 0 Å². The van der Waals surface area contributed by atoms with Gasteiger partial charge in [0.15, 0.2) is 0 Å². The Labute approximate surface area is 141 Å². The van der Waals surface area contributed by atoms with E-state index in [1.807, 2.05) is 35.9 Å². The zero-order valence-corrected chi connectivity index (χ0v) is 13.8. The Kier molecular flexibility index (Phi) is 5.27. The van der Waals surface area contributed by atoms with E-state index in [1.165, 1.54) is 0 Å². The van der Waals surface area contributed by atoms with Crippen molar-refractivity contribution >= 4 is 5.91 Å². The number of carbonyl (C=O) groups excluding carboxylic acids is 1. The molecule has 0 spiro atoms. The molecular formula is C18H23N3O3. The summed E-state index contributed by atoms with van der Waals surface area (Å²) >= 11 is 0. The monoisotopic (exact) mass is 329 g/mol. The first-order chi connectivity index (χ1) is 11.7. The van der Waals surface area contributed by atoms with Crippen molar-refractivity contribution in [2.45, 2.75) is 13.3 Å². The van der Waals surface area contributed by atoms with E-state index >= 15 is 0 Å². The molecule has 1 fully saturated rings. The zero-order chi connectivity index (χ0) is 16.9. The first-order valence-corrected chi connectivity index (χ1v) is 8.25. The van der Waals surface area contributed by atoms with Gasteiger partial charge in [-0.25, -0.2) is 4.98 Å². The van der Waals surface area contributed by atoms with Crippen molar-refractivity contribution in [2.75, 3.05) is 26.4 Å².